The van der Waals surface area contributed by atoms with E-state index >= 15 is 0 Å². The maximum absolute atomic E-state index is 13.2. The average molecular weight is 369 g/mol. The molecule has 26 heavy (non-hydrogen) atoms. The fourth-order valence-electron chi connectivity index (χ4n) is 3.00. The first-order chi connectivity index (χ1) is 12.6. The fourth-order valence-corrected chi connectivity index (χ4v) is 3.13. The largest absolute Gasteiger partial charge is 0.439 e. The first-order valence-electron chi connectivity index (χ1n) is 8.05. The van der Waals surface area contributed by atoms with Gasteiger partial charge in [-0.15, -0.1) is 0 Å². The van der Waals surface area contributed by atoms with Crippen LogP contribution in [-0.4, -0.2) is 11.1 Å². The number of cyclic esters (lactones) is 1. The second-order valence-electron chi connectivity index (χ2n) is 5.98. The highest BCUT2D eigenvalue weighted by Crippen LogP contribution is 2.37. The summed E-state index contributed by atoms with van der Waals surface area (Å²) in [5, 5.41) is 3.45. The van der Waals surface area contributed by atoms with Crippen molar-refractivity contribution in [2.45, 2.75) is 12.1 Å². The first-order valence-corrected chi connectivity index (χ1v) is 8.42. The van der Waals surface area contributed by atoms with E-state index in [1.54, 1.807) is 18.3 Å². The van der Waals surface area contributed by atoms with E-state index in [0.717, 1.165) is 11.1 Å². The normalized spacial score (nSPS) is 19.1. The topological polar surface area (TPSA) is 51.2 Å². The van der Waals surface area contributed by atoms with E-state index in [0.29, 0.717) is 16.3 Å². The van der Waals surface area contributed by atoms with E-state index in [2.05, 4.69) is 10.3 Å². The molecule has 1 aliphatic rings. The molecule has 130 valence electrons. The summed E-state index contributed by atoms with van der Waals surface area (Å²) < 4.78 is 18.6. The Labute approximate surface area is 154 Å². The highest BCUT2D eigenvalue weighted by molar-refractivity contribution is 6.30. The van der Waals surface area contributed by atoms with Crippen LogP contribution in [0.1, 0.15) is 23.4 Å². The van der Waals surface area contributed by atoms with E-state index < -0.39 is 18.2 Å². The first kappa shape index (κ1) is 16.5. The molecule has 1 fully saturated rings. The van der Waals surface area contributed by atoms with Gasteiger partial charge in [0.05, 0.1) is 5.69 Å². The SMILES string of the molecule is O=C1N[C@@H](c2cc(-c3ccc(Cl)cc3)ccn2)[C@H](c2ccc(F)cc2)O1. The molecule has 0 aliphatic carbocycles. The summed E-state index contributed by atoms with van der Waals surface area (Å²) >= 11 is 5.95. The van der Waals surface area contributed by atoms with E-state index in [-0.39, 0.29) is 5.82 Å². The van der Waals surface area contributed by atoms with Crippen molar-refractivity contribution in [2.24, 2.45) is 0 Å². The number of nitrogens with zero attached hydrogens (tertiary/aromatic N) is 1. The number of amides is 1. The Morgan fingerprint density at radius 1 is 1.00 bits per heavy atom. The van der Waals surface area contributed by atoms with Crippen LogP contribution >= 0.6 is 11.6 Å². The zero-order valence-electron chi connectivity index (χ0n) is 13.5. The van der Waals surface area contributed by atoms with Gasteiger partial charge in [0.25, 0.3) is 0 Å². The van der Waals surface area contributed by atoms with Crippen molar-refractivity contribution in [3.05, 3.63) is 89.0 Å². The molecule has 4 nitrogen and oxygen atoms in total. The Bertz CT molecular complexity index is 945. The molecule has 2 heterocycles. The van der Waals surface area contributed by atoms with Crippen LogP contribution in [0.4, 0.5) is 9.18 Å². The van der Waals surface area contributed by atoms with Gasteiger partial charge in [-0.25, -0.2) is 9.18 Å². The minimum atomic E-state index is -0.573. The van der Waals surface area contributed by atoms with Crippen molar-refractivity contribution < 1.29 is 13.9 Å². The predicted octanol–water partition coefficient (Wildman–Crippen LogP) is 5.06. The van der Waals surface area contributed by atoms with Crippen LogP contribution < -0.4 is 5.32 Å². The maximum Gasteiger partial charge on any atom is 0.408 e. The molecule has 4 rings (SSSR count). The van der Waals surface area contributed by atoms with Crippen LogP contribution in [0.25, 0.3) is 11.1 Å². The number of ether oxygens (including phenoxy) is 1. The number of hydrogen-bond acceptors (Lipinski definition) is 3. The lowest BCUT2D eigenvalue weighted by atomic mass is 9.97. The molecule has 6 heteroatoms. The summed E-state index contributed by atoms with van der Waals surface area (Å²) in [6.07, 6.45) is 0.588. The summed E-state index contributed by atoms with van der Waals surface area (Å²) in [4.78, 5) is 16.2. The third-order valence-corrected chi connectivity index (χ3v) is 4.54. The van der Waals surface area contributed by atoms with E-state index in [1.165, 1.54) is 12.1 Å². The van der Waals surface area contributed by atoms with Gasteiger partial charge < -0.3 is 10.1 Å². The van der Waals surface area contributed by atoms with Crippen LogP contribution in [0.5, 0.6) is 0 Å². The lowest BCUT2D eigenvalue weighted by Gasteiger charge is -2.17. The minimum absolute atomic E-state index is 0.342. The molecule has 0 saturated carbocycles. The molecule has 0 spiro atoms. The number of carbonyl (C=O) groups is 1. The second-order valence-corrected chi connectivity index (χ2v) is 6.41. The number of rotatable bonds is 3. The standard InChI is InChI=1S/C20H14ClFN2O2/c21-15-5-1-12(2-6-15)14-9-10-23-17(11-14)18-19(26-20(25)24-18)13-3-7-16(22)8-4-13/h1-11,18-19H,(H,24,25)/t18-,19-/m0/s1. The van der Waals surface area contributed by atoms with E-state index in [9.17, 15) is 9.18 Å². The third-order valence-electron chi connectivity index (χ3n) is 4.29. The molecule has 1 saturated heterocycles. The van der Waals surface area contributed by atoms with Crippen molar-refractivity contribution in [3.63, 3.8) is 0 Å². The zero-order valence-corrected chi connectivity index (χ0v) is 14.3. The van der Waals surface area contributed by atoms with E-state index in [4.69, 9.17) is 16.3 Å². The van der Waals surface area contributed by atoms with Gasteiger partial charge in [0.15, 0.2) is 6.10 Å². The summed E-state index contributed by atoms with van der Waals surface area (Å²) in [7, 11) is 0. The molecule has 1 N–H and O–H groups in total. The number of pyridine rings is 1. The van der Waals surface area contributed by atoms with Gasteiger partial charge in [-0.2, -0.15) is 0 Å². The molecule has 0 bridgehead atoms. The Morgan fingerprint density at radius 2 is 1.73 bits per heavy atom. The monoisotopic (exact) mass is 368 g/mol. The Balaban J connectivity index is 1.69. The van der Waals surface area contributed by atoms with Crippen LogP contribution in [0, 0.1) is 5.82 Å². The number of carbonyl (C=O) groups excluding carboxylic acids is 1. The molecule has 1 amide bonds. The molecule has 2 atom stereocenters. The molecule has 1 aromatic heterocycles. The number of aromatic nitrogens is 1. The van der Waals surface area contributed by atoms with Gasteiger partial charge >= 0.3 is 6.09 Å². The Morgan fingerprint density at radius 3 is 2.46 bits per heavy atom. The fraction of sp³-hybridized carbons (Fsp3) is 0.100. The number of benzene rings is 2. The predicted molar refractivity (Wildman–Crippen MR) is 96.2 cm³/mol. The second kappa shape index (κ2) is 6.77. The van der Waals surface area contributed by atoms with E-state index in [1.807, 2.05) is 36.4 Å². The van der Waals surface area contributed by atoms with Crippen molar-refractivity contribution in [1.29, 1.82) is 0 Å². The highest BCUT2D eigenvalue weighted by Gasteiger charge is 2.37. The number of alkyl carbamates (subject to hydrolysis) is 1. The van der Waals surface area contributed by atoms with Gasteiger partial charge in [0.1, 0.15) is 11.9 Å². The molecule has 0 radical (unpaired) electrons. The smallest absolute Gasteiger partial charge is 0.408 e. The Hall–Kier alpha value is -2.92. The highest BCUT2D eigenvalue weighted by atomic mass is 35.5. The van der Waals surface area contributed by atoms with Gasteiger partial charge in [0, 0.05) is 11.2 Å². The molecular formula is C20H14ClFN2O2. The molecule has 3 aromatic rings. The Kier molecular flexibility index (Phi) is 4.31. The molecule has 0 unspecified atom stereocenters. The van der Waals surface area contributed by atoms with Gasteiger partial charge in [0.2, 0.25) is 0 Å². The number of hydrogen-bond donors (Lipinski definition) is 1. The van der Waals surface area contributed by atoms with Crippen LogP contribution in [0.15, 0.2) is 66.9 Å². The zero-order chi connectivity index (χ0) is 18.1. The van der Waals surface area contributed by atoms with Gasteiger partial charge in [-0.05, 0) is 53.1 Å². The summed E-state index contributed by atoms with van der Waals surface area (Å²) in [6, 6.07) is 16.7. The van der Waals surface area contributed by atoms with Crippen molar-refractivity contribution in [2.75, 3.05) is 0 Å². The van der Waals surface area contributed by atoms with Crippen LogP contribution in [0.3, 0.4) is 0 Å². The number of halogens is 2. The van der Waals surface area contributed by atoms with Gasteiger partial charge in [-0.3, -0.25) is 4.98 Å². The minimum Gasteiger partial charge on any atom is -0.439 e. The van der Waals surface area contributed by atoms with Crippen molar-refractivity contribution >= 4 is 17.7 Å². The quantitative estimate of drug-likeness (QED) is 0.702. The van der Waals surface area contributed by atoms with Gasteiger partial charge in [-0.1, -0.05) is 35.9 Å². The third kappa shape index (κ3) is 3.26. The molecule has 2 aromatic carbocycles. The summed E-state index contributed by atoms with van der Waals surface area (Å²) in [5.74, 6) is -0.342. The maximum atomic E-state index is 13.2. The van der Waals surface area contributed by atoms with Crippen molar-refractivity contribution in [3.8, 4) is 11.1 Å². The molecule has 1 aliphatic heterocycles. The summed E-state index contributed by atoms with van der Waals surface area (Å²) in [5.41, 5.74) is 3.30. The molecular weight excluding hydrogens is 355 g/mol. The summed E-state index contributed by atoms with van der Waals surface area (Å²) in [6.45, 7) is 0. The van der Waals surface area contributed by atoms with Crippen LogP contribution in [-0.2, 0) is 4.74 Å². The van der Waals surface area contributed by atoms with Crippen molar-refractivity contribution in [1.82, 2.24) is 10.3 Å². The number of nitrogens with one attached hydrogen (secondary N) is 1. The lowest BCUT2D eigenvalue weighted by Crippen LogP contribution is -2.20. The lowest BCUT2D eigenvalue weighted by molar-refractivity contribution is 0.132. The van der Waals surface area contributed by atoms with Crippen LogP contribution in [0.2, 0.25) is 5.02 Å². The average Bonchev–Trinajstić information content (AvgIpc) is 3.05.